The van der Waals surface area contributed by atoms with Gasteiger partial charge in [-0.3, -0.25) is 9.29 Å². The standard InChI is InChI=1S/C26H16F5N5O2S/c27-17-3-9-22(21(28)12-17)34-25(37)35-39-33-13-15-1-8-20-16(11-15)2-10-23-24(20)32-14-36(23)18-4-6-19(7-5-18)38-26(29,30)31/h1-14H,(H2,34,35,37). The van der Waals surface area contributed by atoms with Gasteiger partial charge in [-0.1, -0.05) is 18.2 Å². The van der Waals surface area contributed by atoms with E-state index in [-0.39, 0.29) is 11.4 Å². The number of imidazole rings is 1. The predicted molar refractivity (Wildman–Crippen MR) is 139 cm³/mol. The second-order valence-electron chi connectivity index (χ2n) is 8.08. The van der Waals surface area contributed by atoms with E-state index in [4.69, 9.17) is 0 Å². The van der Waals surface area contributed by atoms with Crippen molar-refractivity contribution in [3.05, 3.63) is 96.3 Å². The summed E-state index contributed by atoms with van der Waals surface area (Å²) in [5, 5.41) is 3.98. The third kappa shape index (κ3) is 6.09. The van der Waals surface area contributed by atoms with Crippen LogP contribution in [-0.2, 0) is 0 Å². The van der Waals surface area contributed by atoms with Crippen molar-refractivity contribution in [2.75, 3.05) is 5.32 Å². The molecule has 0 aliphatic heterocycles. The highest BCUT2D eigenvalue weighted by molar-refractivity contribution is 7.96. The number of fused-ring (bicyclic) bond motifs is 3. The Bertz CT molecular complexity index is 1700. The Morgan fingerprint density at radius 2 is 1.79 bits per heavy atom. The molecule has 0 saturated heterocycles. The number of rotatable bonds is 6. The van der Waals surface area contributed by atoms with Crippen LogP contribution in [0, 0.1) is 11.6 Å². The molecule has 0 bridgehead atoms. The summed E-state index contributed by atoms with van der Waals surface area (Å²) in [5.74, 6) is -1.97. The molecule has 1 heterocycles. The van der Waals surface area contributed by atoms with Gasteiger partial charge in [-0.25, -0.2) is 23.0 Å². The molecule has 39 heavy (non-hydrogen) atoms. The molecule has 1 aromatic heterocycles. The molecule has 0 radical (unpaired) electrons. The van der Waals surface area contributed by atoms with Crippen molar-refractivity contribution >= 4 is 51.9 Å². The second kappa shape index (κ2) is 10.6. The van der Waals surface area contributed by atoms with Crippen LogP contribution in [0.3, 0.4) is 0 Å². The van der Waals surface area contributed by atoms with Crippen LogP contribution in [0.25, 0.3) is 27.5 Å². The minimum Gasteiger partial charge on any atom is -0.406 e. The van der Waals surface area contributed by atoms with Gasteiger partial charge in [0, 0.05) is 23.4 Å². The van der Waals surface area contributed by atoms with Gasteiger partial charge in [-0.2, -0.15) is 0 Å². The molecule has 0 spiro atoms. The Morgan fingerprint density at radius 3 is 2.54 bits per heavy atom. The fourth-order valence-electron chi connectivity index (χ4n) is 3.82. The maximum absolute atomic E-state index is 13.6. The summed E-state index contributed by atoms with van der Waals surface area (Å²) in [5.41, 5.74) is 2.64. The van der Waals surface area contributed by atoms with Gasteiger partial charge in [-0.15, -0.1) is 13.2 Å². The highest BCUT2D eigenvalue weighted by Crippen LogP contribution is 2.29. The number of urea groups is 1. The molecule has 0 aliphatic carbocycles. The predicted octanol–water partition coefficient (Wildman–Crippen LogP) is 7.16. The zero-order chi connectivity index (χ0) is 27.6. The van der Waals surface area contributed by atoms with E-state index >= 15 is 0 Å². The highest BCUT2D eigenvalue weighted by Gasteiger charge is 2.31. The topological polar surface area (TPSA) is 80.5 Å². The number of hydrogen-bond donors (Lipinski definition) is 2. The molecule has 0 fully saturated rings. The number of nitrogens with one attached hydrogen (secondary N) is 2. The molecule has 5 aromatic rings. The summed E-state index contributed by atoms with van der Waals surface area (Å²) in [6.07, 6.45) is -1.65. The van der Waals surface area contributed by atoms with E-state index in [1.165, 1.54) is 30.5 Å². The lowest BCUT2D eigenvalue weighted by Gasteiger charge is -2.10. The molecular weight excluding hydrogens is 541 g/mol. The van der Waals surface area contributed by atoms with Gasteiger partial charge in [0.2, 0.25) is 0 Å². The number of halogens is 5. The number of anilines is 1. The first-order valence-corrected chi connectivity index (χ1v) is 11.9. The lowest BCUT2D eigenvalue weighted by molar-refractivity contribution is -0.274. The average Bonchev–Trinajstić information content (AvgIpc) is 3.32. The number of amides is 2. The van der Waals surface area contributed by atoms with Crippen LogP contribution in [-0.4, -0.2) is 28.2 Å². The smallest absolute Gasteiger partial charge is 0.406 e. The molecule has 7 nitrogen and oxygen atoms in total. The van der Waals surface area contributed by atoms with Gasteiger partial charge < -0.3 is 10.1 Å². The zero-order valence-electron chi connectivity index (χ0n) is 19.5. The van der Waals surface area contributed by atoms with E-state index < -0.39 is 24.0 Å². The maximum Gasteiger partial charge on any atom is 0.573 e. The highest BCUT2D eigenvalue weighted by atomic mass is 32.2. The fraction of sp³-hybridized carbons (Fsp3) is 0.0385. The molecular formula is C26H16F5N5O2S. The van der Waals surface area contributed by atoms with Crippen LogP contribution in [0.2, 0.25) is 0 Å². The monoisotopic (exact) mass is 557 g/mol. The van der Waals surface area contributed by atoms with Gasteiger partial charge in [0.25, 0.3) is 0 Å². The summed E-state index contributed by atoms with van der Waals surface area (Å²) < 4.78 is 76.0. The van der Waals surface area contributed by atoms with Gasteiger partial charge >= 0.3 is 12.4 Å². The Balaban J connectivity index is 1.26. The number of hydrogen-bond acceptors (Lipinski definition) is 5. The van der Waals surface area contributed by atoms with E-state index in [0.29, 0.717) is 17.3 Å². The van der Waals surface area contributed by atoms with Gasteiger partial charge in [0.1, 0.15) is 23.7 Å². The molecule has 2 amide bonds. The van der Waals surface area contributed by atoms with Crippen molar-refractivity contribution in [3.63, 3.8) is 0 Å². The summed E-state index contributed by atoms with van der Waals surface area (Å²) >= 11 is 0.721. The molecule has 0 unspecified atom stereocenters. The van der Waals surface area contributed by atoms with E-state index in [1.54, 1.807) is 10.9 Å². The molecule has 2 N–H and O–H groups in total. The van der Waals surface area contributed by atoms with E-state index in [2.05, 4.69) is 24.2 Å². The van der Waals surface area contributed by atoms with Gasteiger partial charge in [0.05, 0.1) is 28.9 Å². The van der Waals surface area contributed by atoms with E-state index in [0.717, 1.165) is 46.1 Å². The van der Waals surface area contributed by atoms with Crippen molar-refractivity contribution in [1.29, 1.82) is 0 Å². The lowest BCUT2D eigenvalue weighted by atomic mass is 10.1. The van der Waals surface area contributed by atoms with Crippen molar-refractivity contribution in [2.24, 2.45) is 4.40 Å². The Hall–Kier alpha value is -4.65. The number of benzene rings is 4. The summed E-state index contributed by atoms with van der Waals surface area (Å²) in [7, 11) is 0. The number of nitrogens with zero attached hydrogens (tertiary/aromatic N) is 3. The quantitative estimate of drug-likeness (QED) is 0.132. The SMILES string of the molecule is O=C(NSN=Cc1ccc2c(ccc3c2ncn3-c2ccc(OC(F)(F)F)cc2)c1)Nc1ccc(F)cc1F. The first-order chi connectivity index (χ1) is 18.7. The lowest BCUT2D eigenvalue weighted by Crippen LogP contribution is -2.22. The Kier molecular flexibility index (Phi) is 7.07. The zero-order valence-corrected chi connectivity index (χ0v) is 20.4. The van der Waals surface area contributed by atoms with Crippen LogP contribution in [0.1, 0.15) is 5.56 Å². The third-order valence-corrected chi connectivity index (χ3v) is 5.96. The van der Waals surface area contributed by atoms with Crippen molar-refractivity contribution in [2.45, 2.75) is 6.36 Å². The van der Waals surface area contributed by atoms with E-state index in [9.17, 15) is 26.7 Å². The van der Waals surface area contributed by atoms with Gasteiger partial charge in [-0.05, 0) is 59.5 Å². The van der Waals surface area contributed by atoms with E-state index in [1.807, 2.05) is 30.3 Å². The molecule has 0 saturated carbocycles. The van der Waals surface area contributed by atoms with Crippen LogP contribution in [0.15, 0.2) is 83.5 Å². The average molecular weight is 558 g/mol. The Morgan fingerprint density at radius 1 is 1.00 bits per heavy atom. The minimum absolute atomic E-state index is 0.172. The fourth-order valence-corrected chi connectivity index (χ4v) is 4.18. The van der Waals surface area contributed by atoms with Crippen LogP contribution in [0.5, 0.6) is 5.75 Å². The molecule has 198 valence electrons. The van der Waals surface area contributed by atoms with Gasteiger partial charge in [0.15, 0.2) is 0 Å². The van der Waals surface area contributed by atoms with Crippen LogP contribution < -0.4 is 14.8 Å². The van der Waals surface area contributed by atoms with Crippen molar-refractivity contribution < 1.29 is 31.5 Å². The normalized spacial score (nSPS) is 11.8. The number of ether oxygens (including phenoxy) is 1. The number of carbonyl (C=O) groups excluding carboxylic acids is 1. The van der Waals surface area contributed by atoms with Crippen molar-refractivity contribution in [3.8, 4) is 11.4 Å². The first kappa shape index (κ1) is 26.0. The number of alkyl halides is 3. The summed E-state index contributed by atoms with van der Waals surface area (Å²) in [6.45, 7) is 0. The Labute approximate surface area is 221 Å². The molecule has 4 aromatic carbocycles. The molecule has 0 atom stereocenters. The molecule has 13 heteroatoms. The largest absolute Gasteiger partial charge is 0.573 e. The summed E-state index contributed by atoms with van der Waals surface area (Å²) in [4.78, 5) is 16.4. The third-order valence-electron chi connectivity index (χ3n) is 5.48. The minimum atomic E-state index is -4.76. The maximum atomic E-state index is 13.6. The van der Waals surface area contributed by atoms with Crippen LogP contribution >= 0.6 is 12.1 Å². The molecule has 5 rings (SSSR count). The summed E-state index contributed by atoms with van der Waals surface area (Å²) in [6, 6.07) is 16.8. The molecule has 0 aliphatic rings. The first-order valence-electron chi connectivity index (χ1n) is 11.1. The second-order valence-corrected chi connectivity index (χ2v) is 8.67. The van der Waals surface area contributed by atoms with Crippen LogP contribution in [0.4, 0.5) is 32.4 Å². The number of carbonyl (C=O) groups is 1. The van der Waals surface area contributed by atoms with Crippen molar-refractivity contribution in [1.82, 2.24) is 14.3 Å². The number of aromatic nitrogens is 2.